The smallest absolute Gasteiger partial charge is 0.268 e. The van der Waals surface area contributed by atoms with E-state index in [1.54, 1.807) is 0 Å². The minimum absolute atomic E-state index is 0.118. The summed E-state index contributed by atoms with van der Waals surface area (Å²) in [6, 6.07) is 0. The molecule has 1 rings (SSSR count). The normalized spacial score (nSPS) is 12.5. The van der Waals surface area contributed by atoms with E-state index in [2.05, 4.69) is 9.97 Å². The Hall–Kier alpha value is -0.630. The van der Waals surface area contributed by atoms with Crippen molar-refractivity contribution in [1.82, 2.24) is 9.97 Å². The predicted molar refractivity (Wildman–Crippen MR) is 64.2 cm³/mol. The second-order valence-electron chi connectivity index (χ2n) is 2.94. The van der Waals surface area contributed by atoms with Gasteiger partial charge in [-0.2, -0.15) is 0 Å². The second kappa shape index (κ2) is 6.06. The van der Waals surface area contributed by atoms with Gasteiger partial charge in [0.2, 0.25) is 5.88 Å². The molecule has 0 saturated heterocycles. The van der Waals surface area contributed by atoms with Crippen molar-refractivity contribution in [3.8, 4) is 5.88 Å². The van der Waals surface area contributed by atoms with Crippen LogP contribution in [0.15, 0.2) is 11.1 Å². The number of ether oxygens (including phenoxy) is 2. The molecule has 0 aliphatic carbocycles. The van der Waals surface area contributed by atoms with Gasteiger partial charge in [-0.1, -0.05) is 0 Å². The molecule has 1 aromatic heterocycles. The van der Waals surface area contributed by atoms with Crippen molar-refractivity contribution in [2.75, 3.05) is 13.2 Å². The molecule has 5 nitrogen and oxygen atoms in total. The Labute approximate surface area is 101 Å². The first-order valence-corrected chi connectivity index (χ1v) is 5.70. The summed E-state index contributed by atoms with van der Waals surface area (Å²) in [6.45, 7) is 4.92. The Balaban J connectivity index is 2.64. The van der Waals surface area contributed by atoms with E-state index in [-0.39, 0.29) is 11.7 Å². The Morgan fingerprint density at radius 3 is 3.07 bits per heavy atom. The van der Waals surface area contributed by atoms with E-state index in [0.717, 1.165) is 0 Å². The second-order valence-corrected chi connectivity index (χ2v) is 4.02. The molecule has 1 N–H and O–H groups in total. The quantitative estimate of drug-likeness (QED) is 0.826. The Morgan fingerprint density at radius 1 is 1.67 bits per heavy atom. The third-order valence-electron chi connectivity index (χ3n) is 1.63. The van der Waals surface area contributed by atoms with Crippen LogP contribution in [-0.2, 0) is 4.74 Å². The summed E-state index contributed by atoms with van der Waals surface area (Å²) in [5, 5.41) is 0. The van der Waals surface area contributed by atoms with Crippen LogP contribution in [0, 0.1) is 3.57 Å². The van der Waals surface area contributed by atoms with Crippen LogP contribution in [0.1, 0.15) is 13.8 Å². The van der Waals surface area contributed by atoms with Crippen LogP contribution in [0.2, 0.25) is 0 Å². The standard InChI is InChI=1S/C9H13IN2O3/c1-3-14-4-6(2)15-9-7(10)8(13)11-5-12-9/h5-6H,3-4H2,1-2H3,(H,11,12,13). The maximum Gasteiger partial charge on any atom is 0.268 e. The monoisotopic (exact) mass is 324 g/mol. The molecular weight excluding hydrogens is 311 g/mol. The van der Waals surface area contributed by atoms with Gasteiger partial charge in [-0.15, -0.1) is 0 Å². The van der Waals surface area contributed by atoms with Crippen LogP contribution < -0.4 is 10.3 Å². The van der Waals surface area contributed by atoms with Gasteiger partial charge in [0.15, 0.2) is 0 Å². The zero-order valence-corrected chi connectivity index (χ0v) is 10.8. The lowest BCUT2D eigenvalue weighted by atomic mass is 10.4. The number of H-pyrrole nitrogens is 1. The molecule has 0 amide bonds. The number of aromatic amines is 1. The molecule has 0 radical (unpaired) electrons. The minimum atomic E-state index is -0.191. The number of nitrogens with one attached hydrogen (secondary N) is 1. The average Bonchev–Trinajstić information content (AvgIpc) is 2.22. The summed E-state index contributed by atoms with van der Waals surface area (Å²) in [6.07, 6.45) is 1.21. The molecule has 1 atom stereocenters. The number of rotatable bonds is 5. The van der Waals surface area contributed by atoms with Crippen molar-refractivity contribution in [2.24, 2.45) is 0 Å². The first kappa shape index (κ1) is 12.4. The summed E-state index contributed by atoms with van der Waals surface area (Å²) in [5.74, 6) is 0.353. The topological polar surface area (TPSA) is 64.2 Å². The predicted octanol–water partition coefficient (Wildman–Crippen LogP) is 1.18. The molecule has 15 heavy (non-hydrogen) atoms. The van der Waals surface area contributed by atoms with Gasteiger partial charge in [0.25, 0.3) is 5.56 Å². The molecule has 1 aromatic rings. The summed E-state index contributed by atoms with van der Waals surface area (Å²) >= 11 is 1.90. The summed E-state index contributed by atoms with van der Waals surface area (Å²) in [5.41, 5.74) is -0.191. The molecule has 1 unspecified atom stereocenters. The molecule has 1 heterocycles. The molecule has 0 aliphatic rings. The van der Waals surface area contributed by atoms with Gasteiger partial charge in [0, 0.05) is 6.61 Å². The van der Waals surface area contributed by atoms with Crippen LogP contribution in [0.3, 0.4) is 0 Å². The Bertz CT molecular complexity index is 367. The molecule has 0 aromatic carbocycles. The zero-order chi connectivity index (χ0) is 11.3. The lowest BCUT2D eigenvalue weighted by Gasteiger charge is -2.13. The number of aromatic nitrogens is 2. The van der Waals surface area contributed by atoms with Crippen LogP contribution in [0.4, 0.5) is 0 Å². The van der Waals surface area contributed by atoms with Crippen molar-refractivity contribution in [1.29, 1.82) is 0 Å². The van der Waals surface area contributed by atoms with Gasteiger partial charge in [-0.05, 0) is 36.4 Å². The molecule has 0 bridgehead atoms. The van der Waals surface area contributed by atoms with Gasteiger partial charge >= 0.3 is 0 Å². The minimum Gasteiger partial charge on any atom is -0.471 e. The van der Waals surface area contributed by atoms with Gasteiger partial charge in [-0.3, -0.25) is 4.79 Å². The largest absolute Gasteiger partial charge is 0.471 e. The van der Waals surface area contributed by atoms with Crippen LogP contribution in [0.5, 0.6) is 5.88 Å². The van der Waals surface area contributed by atoms with Crippen LogP contribution >= 0.6 is 22.6 Å². The highest BCUT2D eigenvalue weighted by Crippen LogP contribution is 2.13. The molecule has 0 spiro atoms. The van der Waals surface area contributed by atoms with E-state index < -0.39 is 0 Å². The van der Waals surface area contributed by atoms with E-state index in [1.165, 1.54) is 6.33 Å². The third kappa shape index (κ3) is 3.78. The highest BCUT2D eigenvalue weighted by molar-refractivity contribution is 14.1. The van der Waals surface area contributed by atoms with E-state index in [1.807, 2.05) is 36.4 Å². The average molecular weight is 324 g/mol. The van der Waals surface area contributed by atoms with Crippen molar-refractivity contribution in [2.45, 2.75) is 20.0 Å². The molecule has 6 heteroatoms. The van der Waals surface area contributed by atoms with E-state index >= 15 is 0 Å². The van der Waals surface area contributed by atoms with E-state index in [0.29, 0.717) is 22.7 Å². The number of hydrogen-bond donors (Lipinski definition) is 1. The number of hydrogen-bond acceptors (Lipinski definition) is 4. The fraction of sp³-hybridized carbons (Fsp3) is 0.556. The molecule has 0 aliphatic heterocycles. The van der Waals surface area contributed by atoms with Gasteiger partial charge in [0.1, 0.15) is 9.67 Å². The van der Waals surface area contributed by atoms with Crippen LogP contribution in [0.25, 0.3) is 0 Å². The highest BCUT2D eigenvalue weighted by Gasteiger charge is 2.10. The SMILES string of the molecule is CCOCC(C)Oc1nc[nH]c(=O)c1I. The number of halogens is 1. The first-order chi connectivity index (χ1) is 7.15. The van der Waals surface area contributed by atoms with Crippen LogP contribution in [-0.4, -0.2) is 29.3 Å². The van der Waals surface area contributed by atoms with E-state index in [9.17, 15) is 4.79 Å². The van der Waals surface area contributed by atoms with Gasteiger partial charge < -0.3 is 14.5 Å². The van der Waals surface area contributed by atoms with Gasteiger partial charge in [0.05, 0.1) is 12.9 Å². The molecule has 0 fully saturated rings. The zero-order valence-electron chi connectivity index (χ0n) is 8.62. The third-order valence-corrected chi connectivity index (χ3v) is 2.59. The Kier molecular flexibility index (Phi) is 5.03. The maximum absolute atomic E-state index is 11.2. The van der Waals surface area contributed by atoms with Crippen molar-refractivity contribution >= 4 is 22.6 Å². The lowest BCUT2D eigenvalue weighted by molar-refractivity contribution is 0.0627. The maximum atomic E-state index is 11.2. The molecule has 0 saturated carbocycles. The summed E-state index contributed by atoms with van der Waals surface area (Å²) in [4.78, 5) is 17.6. The number of nitrogens with zero attached hydrogens (tertiary/aromatic N) is 1. The van der Waals surface area contributed by atoms with Crippen molar-refractivity contribution in [3.63, 3.8) is 0 Å². The Morgan fingerprint density at radius 2 is 2.40 bits per heavy atom. The summed E-state index contributed by atoms with van der Waals surface area (Å²) < 4.78 is 11.1. The molecule has 84 valence electrons. The fourth-order valence-electron chi connectivity index (χ4n) is 0.957. The lowest BCUT2D eigenvalue weighted by Crippen LogP contribution is -2.22. The summed E-state index contributed by atoms with van der Waals surface area (Å²) in [7, 11) is 0. The molecular formula is C9H13IN2O3. The van der Waals surface area contributed by atoms with Gasteiger partial charge in [-0.25, -0.2) is 4.98 Å². The van der Waals surface area contributed by atoms with Crippen molar-refractivity contribution < 1.29 is 9.47 Å². The fourth-order valence-corrected chi connectivity index (χ4v) is 1.38. The first-order valence-electron chi connectivity index (χ1n) is 4.62. The highest BCUT2D eigenvalue weighted by atomic mass is 127. The van der Waals surface area contributed by atoms with Crippen molar-refractivity contribution in [3.05, 3.63) is 20.3 Å². The van der Waals surface area contributed by atoms with E-state index in [4.69, 9.17) is 9.47 Å².